The highest BCUT2D eigenvalue weighted by molar-refractivity contribution is 6.00. The lowest BCUT2D eigenvalue weighted by atomic mass is 10.1. The van der Waals surface area contributed by atoms with Crippen LogP contribution in [0.25, 0.3) is 0 Å². The van der Waals surface area contributed by atoms with Crippen molar-refractivity contribution in [1.82, 2.24) is 5.32 Å². The van der Waals surface area contributed by atoms with Crippen LogP contribution in [0.1, 0.15) is 37.0 Å². The predicted molar refractivity (Wildman–Crippen MR) is 110 cm³/mol. The van der Waals surface area contributed by atoms with Crippen LogP contribution in [0.5, 0.6) is 5.75 Å². The summed E-state index contributed by atoms with van der Waals surface area (Å²) >= 11 is 0. The summed E-state index contributed by atoms with van der Waals surface area (Å²) in [6.07, 6.45) is 0.305. The molecule has 0 unspecified atom stereocenters. The zero-order valence-corrected chi connectivity index (χ0v) is 17.0. The highest BCUT2D eigenvalue weighted by atomic mass is 16.5. The number of benzene rings is 2. The number of anilines is 1. The number of hydrogen-bond acceptors (Lipinski definition) is 3. The minimum Gasteiger partial charge on any atom is -0.491 e. The first kappa shape index (κ1) is 19.9. The van der Waals surface area contributed by atoms with Crippen LogP contribution < -0.4 is 15.0 Å². The van der Waals surface area contributed by atoms with Gasteiger partial charge in [0.1, 0.15) is 5.75 Å². The summed E-state index contributed by atoms with van der Waals surface area (Å²) in [5.41, 5.74) is 4.05. The number of carbonyl (C=O) groups is 2. The van der Waals surface area contributed by atoms with Gasteiger partial charge in [-0.3, -0.25) is 9.59 Å². The number of aryl methyl sites for hydroxylation is 1. The minimum absolute atomic E-state index is 0.00242. The topological polar surface area (TPSA) is 58.6 Å². The van der Waals surface area contributed by atoms with E-state index in [-0.39, 0.29) is 30.3 Å². The number of hydrogen-bond donors (Lipinski definition) is 1. The maximum absolute atomic E-state index is 12.7. The molecule has 1 saturated heterocycles. The third kappa shape index (κ3) is 4.35. The van der Waals surface area contributed by atoms with Gasteiger partial charge in [-0.15, -0.1) is 0 Å². The van der Waals surface area contributed by atoms with Crippen LogP contribution in [0.4, 0.5) is 5.69 Å². The third-order valence-corrected chi connectivity index (χ3v) is 5.15. The molecule has 1 atom stereocenters. The monoisotopic (exact) mass is 380 g/mol. The molecule has 0 radical (unpaired) electrons. The Morgan fingerprint density at radius 3 is 2.68 bits per heavy atom. The Labute approximate surface area is 166 Å². The maximum atomic E-state index is 12.7. The molecule has 0 aliphatic carbocycles. The van der Waals surface area contributed by atoms with Crippen molar-refractivity contribution < 1.29 is 14.3 Å². The fraction of sp³-hybridized carbons (Fsp3) is 0.391. The van der Waals surface area contributed by atoms with Crippen molar-refractivity contribution in [2.45, 2.75) is 46.8 Å². The molecule has 1 heterocycles. The Kier molecular flexibility index (Phi) is 6.02. The second kappa shape index (κ2) is 8.46. The molecule has 1 N–H and O–H groups in total. The molecule has 5 heteroatoms. The summed E-state index contributed by atoms with van der Waals surface area (Å²) < 4.78 is 5.81. The summed E-state index contributed by atoms with van der Waals surface area (Å²) in [5, 5.41) is 2.98. The molecule has 1 aliphatic rings. The van der Waals surface area contributed by atoms with Gasteiger partial charge in [-0.25, -0.2) is 0 Å². The van der Waals surface area contributed by atoms with Crippen molar-refractivity contribution in [2.24, 2.45) is 5.92 Å². The number of nitrogens with one attached hydrogen (secondary N) is 1. The molecular weight excluding hydrogens is 352 g/mol. The van der Waals surface area contributed by atoms with Gasteiger partial charge in [-0.2, -0.15) is 0 Å². The van der Waals surface area contributed by atoms with Gasteiger partial charge in [0.25, 0.3) is 0 Å². The predicted octanol–water partition coefficient (Wildman–Crippen LogP) is 3.76. The van der Waals surface area contributed by atoms with Crippen LogP contribution in [0.15, 0.2) is 42.5 Å². The summed E-state index contributed by atoms with van der Waals surface area (Å²) in [5.74, 6) is 0.334. The van der Waals surface area contributed by atoms with Crippen LogP contribution in [0, 0.1) is 19.8 Å². The first-order valence-electron chi connectivity index (χ1n) is 9.75. The van der Waals surface area contributed by atoms with E-state index in [0.29, 0.717) is 13.1 Å². The third-order valence-electron chi connectivity index (χ3n) is 5.15. The minimum atomic E-state index is -0.342. The zero-order chi connectivity index (χ0) is 20.3. The van der Waals surface area contributed by atoms with E-state index in [9.17, 15) is 9.59 Å². The molecule has 2 aromatic carbocycles. The first-order chi connectivity index (χ1) is 13.4. The normalized spacial score (nSPS) is 16.5. The molecule has 0 saturated carbocycles. The van der Waals surface area contributed by atoms with Crippen LogP contribution >= 0.6 is 0 Å². The number of carbonyl (C=O) groups excluding carboxylic acids is 2. The van der Waals surface area contributed by atoms with Gasteiger partial charge in [-0.05, 0) is 51.0 Å². The van der Waals surface area contributed by atoms with E-state index < -0.39 is 0 Å². The first-order valence-corrected chi connectivity index (χ1v) is 9.75. The number of amides is 2. The van der Waals surface area contributed by atoms with Crippen LogP contribution in [-0.2, 0) is 16.1 Å². The SMILES string of the molecule is Cc1cccc(N2C[C@@H](C(=O)NCc3ccccc3OC(C)C)CC2=O)c1C. The van der Waals surface area contributed by atoms with Gasteiger partial charge in [-0.1, -0.05) is 30.3 Å². The number of ether oxygens (including phenoxy) is 1. The van der Waals surface area contributed by atoms with E-state index in [1.165, 1.54) is 0 Å². The second-order valence-corrected chi connectivity index (χ2v) is 7.62. The Morgan fingerprint density at radius 1 is 1.18 bits per heavy atom. The van der Waals surface area contributed by atoms with E-state index in [1.54, 1.807) is 4.90 Å². The van der Waals surface area contributed by atoms with Gasteiger partial charge in [0.05, 0.1) is 12.0 Å². The molecule has 148 valence electrons. The van der Waals surface area contributed by atoms with Crippen molar-refractivity contribution in [3.05, 3.63) is 59.2 Å². The second-order valence-electron chi connectivity index (χ2n) is 7.62. The lowest BCUT2D eigenvalue weighted by Crippen LogP contribution is -2.33. The summed E-state index contributed by atoms with van der Waals surface area (Å²) in [6, 6.07) is 13.6. The Hall–Kier alpha value is -2.82. The van der Waals surface area contributed by atoms with Crippen molar-refractivity contribution >= 4 is 17.5 Å². The Morgan fingerprint density at radius 2 is 1.93 bits per heavy atom. The molecule has 0 spiro atoms. The fourth-order valence-electron chi connectivity index (χ4n) is 3.49. The highest BCUT2D eigenvalue weighted by Crippen LogP contribution is 2.29. The zero-order valence-electron chi connectivity index (χ0n) is 17.0. The van der Waals surface area contributed by atoms with Gasteiger partial charge in [0.2, 0.25) is 11.8 Å². The van der Waals surface area contributed by atoms with Gasteiger partial charge in [0.15, 0.2) is 0 Å². The average Bonchev–Trinajstić information content (AvgIpc) is 3.04. The largest absolute Gasteiger partial charge is 0.491 e. The van der Waals surface area contributed by atoms with Crippen LogP contribution in [0.2, 0.25) is 0 Å². The van der Waals surface area contributed by atoms with Crippen LogP contribution in [0.3, 0.4) is 0 Å². The summed E-state index contributed by atoms with van der Waals surface area (Å²) in [6.45, 7) is 8.79. The van der Waals surface area contributed by atoms with Crippen molar-refractivity contribution in [1.29, 1.82) is 0 Å². The number of para-hydroxylation sites is 1. The van der Waals surface area contributed by atoms with Crippen molar-refractivity contribution in [3.63, 3.8) is 0 Å². The molecule has 1 fully saturated rings. The Balaban J connectivity index is 1.65. The molecule has 0 bridgehead atoms. The smallest absolute Gasteiger partial charge is 0.227 e. The Bertz CT molecular complexity index is 876. The van der Waals surface area contributed by atoms with E-state index >= 15 is 0 Å². The number of rotatable bonds is 6. The lowest BCUT2D eigenvalue weighted by molar-refractivity contribution is -0.126. The lowest BCUT2D eigenvalue weighted by Gasteiger charge is -2.20. The average molecular weight is 380 g/mol. The van der Waals surface area contributed by atoms with E-state index in [2.05, 4.69) is 5.32 Å². The van der Waals surface area contributed by atoms with Gasteiger partial charge in [0, 0.05) is 30.8 Å². The van der Waals surface area contributed by atoms with E-state index in [4.69, 9.17) is 4.74 Å². The van der Waals surface area contributed by atoms with Crippen molar-refractivity contribution in [2.75, 3.05) is 11.4 Å². The summed E-state index contributed by atoms with van der Waals surface area (Å²) in [4.78, 5) is 27.0. The molecule has 1 aliphatic heterocycles. The molecule has 5 nitrogen and oxygen atoms in total. The van der Waals surface area contributed by atoms with Gasteiger partial charge >= 0.3 is 0 Å². The van der Waals surface area contributed by atoms with Crippen LogP contribution in [-0.4, -0.2) is 24.5 Å². The molecular formula is C23H28N2O3. The van der Waals surface area contributed by atoms with E-state index in [0.717, 1.165) is 28.1 Å². The molecule has 2 amide bonds. The highest BCUT2D eigenvalue weighted by Gasteiger charge is 2.35. The molecule has 0 aromatic heterocycles. The fourth-order valence-corrected chi connectivity index (χ4v) is 3.49. The van der Waals surface area contributed by atoms with Gasteiger partial charge < -0.3 is 15.0 Å². The molecule has 28 heavy (non-hydrogen) atoms. The summed E-state index contributed by atoms with van der Waals surface area (Å²) in [7, 11) is 0. The van der Waals surface area contributed by atoms with E-state index in [1.807, 2.05) is 70.2 Å². The maximum Gasteiger partial charge on any atom is 0.227 e. The molecule has 3 rings (SSSR count). The standard InChI is InChI=1S/C23H28N2O3/c1-15(2)28-21-11-6-5-9-18(21)13-24-23(27)19-12-22(26)25(14-19)20-10-7-8-16(3)17(20)4/h5-11,15,19H,12-14H2,1-4H3,(H,24,27)/t19-/m0/s1. The van der Waals surface area contributed by atoms with Crippen molar-refractivity contribution in [3.8, 4) is 5.75 Å². The quantitative estimate of drug-likeness (QED) is 0.830. The molecule has 2 aromatic rings. The number of nitrogens with zero attached hydrogens (tertiary/aromatic N) is 1.